The number of nitrogens with zero attached hydrogens (tertiary/aromatic N) is 3. The van der Waals surface area contributed by atoms with Gasteiger partial charge in [-0.05, 0) is 42.7 Å². The number of fused-ring (bicyclic) bond motifs is 3. The molecule has 2 N–H and O–H groups in total. The molecule has 3 heterocycles. The summed E-state index contributed by atoms with van der Waals surface area (Å²) in [6, 6.07) is 1.76. The molecule has 7 nitrogen and oxygen atoms in total. The van der Waals surface area contributed by atoms with Gasteiger partial charge < -0.3 is 15.5 Å². The lowest BCUT2D eigenvalue weighted by atomic mass is 10.0. The van der Waals surface area contributed by atoms with Gasteiger partial charge in [-0.25, -0.2) is 9.37 Å². The molecular weight excluding hydrogens is 478 g/mol. The Kier molecular flexibility index (Phi) is 7.49. The zero-order chi connectivity index (χ0) is 26.0. The number of carbonyl (C=O) groups is 2. The number of aromatic nitrogens is 1. The summed E-state index contributed by atoms with van der Waals surface area (Å²) in [4.78, 5) is 33.6. The Morgan fingerprint density at radius 3 is 2.75 bits per heavy atom. The highest BCUT2D eigenvalue weighted by molar-refractivity contribution is 6.06. The number of piperazine rings is 1. The third-order valence-corrected chi connectivity index (χ3v) is 6.68. The first-order valence-electron chi connectivity index (χ1n) is 12.0. The van der Waals surface area contributed by atoms with E-state index < -0.39 is 23.6 Å². The molecule has 0 spiro atoms. The number of hydrogen-bond donors (Lipinski definition) is 2. The van der Waals surface area contributed by atoms with E-state index in [1.807, 2.05) is 4.90 Å². The van der Waals surface area contributed by atoms with Gasteiger partial charge in [-0.15, -0.1) is 0 Å². The van der Waals surface area contributed by atoms with Crippen LogP contribution in [-0.2, 0) is 17.5 Å². The third kappa shape index (κ3) is 5.30. The van der Waals surface area contributed by atoms with Crippen molar-refractivity contribution in [2.75, 3.05) is 36.4 Å². The fourth-order valence-corrected chi connectivity index (χ4v) is 4.74. The van der Waals surface area contributed by atoms with E-state index in [1.165, 1.54) is 6.20 Å². The van der Waals surface area contributed by atoms with Crippen LogP contribution in [0.25, 0.3) is 0 Å². The highest BCUT2D eigenvalue weighted by atomic mass is 19.4. The minimum absolute atomic E-state index is 0.138. The summed E-state index contributed by atoms with van der Waals surface area (Å²) in [7, 11) is 0. The Morgan fingerprint density at radius 2 is 2.03 bits per heavy atom. The van der Waals surface area contributed by atoms with Gasteiger partial charge in [-0.3, -0.25) is 14.5 Å². The van der Waals surface area contributed by atoms with Crippen LogP contribution in [0.1, 0.15) is 53.2 Å². The van der Waals surface area contributed by atoms with E-state index in [0.717, 1.165) is 37.5 Å². The largest absolute Gasteiger partial charge is 0.416 e. The predicted molar refractivity (Wildman–Crippen MR) is 127 cm³/mol. The van der Waals surface area contributed by atoms with Gasteiger partial charge in [-0.2, -0.15) is 13.2 Å². The van der Waals surface area contributed by atoms with Crippen molar-refractivity contribution in [3.8, 4) is 0 Å². The molecule has 0 aliphatic carbocycles. The fourth-order valence-electron chi connectivity index (χ4n) is 4.74. The summed E-state index contributed by atoms with van der Waals surface area (Å²) in [5.74, 6) is -0.796. The van der Waals surface area contributed by atoms with E-state index in [4.69, 9.17) is 0 Å². The highest BCUT2D eigenvalue weighted by Crippen LogP contribution is 2.37. The minimum atomic E-state index is -4.60. The van der Waals surface area contributed by atoms with Crippen molar-refractivity contribution in [3.63, 3.8) is 0 Å². The van der Waals surface area contributed by atoms with E-state index in [0.29, 0.717) is 42.3 Å². The van der Waals surface area contributed by atoms with Crippen LogP contribution in [0.15, 0.2) is 24.4 Å². The molecule has 0 saturated carbocycles. The van der Waals surface area contributed by atoms with Gasteiger partial charge in [-0.1, -0.05) is 19.8 Å². The number of hydrogen-bond acceptors (Lipinski definition) is 5. The van der Waals surface area contributed by atoms with Crippen LogP contribution in [0.4, 0.5) is 29.1 Å². The zero-order valence-corrected chi connectivity index (χ0v) is 20.2. The van der Waals surface area contributed by atoms with Gasteiger partial charge in [0.1, 0.15) is 11.9 Å². The number of amides is 2. The molecule has 11 heteroatoms. The van der Waals surface area contributed by atoms with E-state index in [-0.39, 0.29) is 30.5 Å². The van der Waals surface area contributed by atoms with E-state index in [1.54, 1.807) is 11.8 Å². The quantitative estimate of drug-likeness (QED) is 0.436. The maximum absolute atomic E-state index is 13.7. The first-order valence-corrected chi connectivity index (χ1v) is 12.0. The van der Waals surface area contributed by atoms with Gasteiger partial charge in [0.25, 0.3) is 5.91 Å². The molecule has 36 heavy (non-hydrogen) atoms. The molecule has 0 radical (unpaired) electrons. The Hall–Kier alpha value is -3.21. The molecule has 1 saturated heterocycles. The maximum Gasteiger partial charge on any atom is 0.416 e. The lowest BCUT2D eigenvalue weighted by Crippen LogP contribution is -2.60. The van der Waals surface area contributed by atoms with E-state index in [9.17, 15) is 27.2 Å². The standard InChI is InChI=1S/C25H29F4N5O2/c1-3-4-5-8-30-23(35)18-12-31-22-21(15(18)2)32-24(36)20-14-33(9-10-34(20)22)13-16-11-17(26)6-7-19(16)25(27,28)29/h6-7,11-12,20H,3-5,8-10,13-14H2,1-2H3,(H,30,35)(H,32,36). The Morgan fingerprint density at radius 1 is 1.25 bits per heavy atom. The number of rotatable bonds is 7. The smallest absolute Gasteiger partial charge is 0.352 e. The van der Waals surface area contributed by atoms with Crippen molar-refractivity contribution in [2.24, 2.45) is 0 Å². The zero-order valence-electron chi connectivity index (χ0n) is 20.2. The summed E-state index contributed by atoms with van der Waals surface area (Å²) >= 11 is 0. The number of carbonyl (C=O) groups excluding carboxylic acids is 2. The summed E-state index contributed by atoms with van der Waals surface area (Å²) in [6.45, 7) is 5.10. The second-order valence-electron chi connectivity index (χ2n) is 9.19. The van der Waals surface area contributed by atoms with Crippen LogP contribution in [0.5, 0.6) is 0 Å². The SMILES string of the molecule is CCCCCNC(=O)c1cnc2c(c1C)NC(=O)C1CN(Cc3cc(F)ccc3C(F)(F)F)CCN21. The molecule has 4 rings (SSSR count). The lowest BCUT2D eigenvalue weighted by molar-refractivity contribution is -0.138. The maximum atomic E-state index is 13.7. The summed E-state index contributed by atoms with van der Waals surface area (Å²) in [5.41, 5.74) is 0.402. The van der Waals surface area contributed by atoms with Crippen molar-refractivity contribution in [3.05, 3.63) is 52.5 Å². The van der Waals surface area contributed by atoms with Gasteiger partial charge >= 0.3 is 6.18 Å². The van der Waals surface area contributed by atoms with Crippen LogP contribution in [0.3, 0.4) is 0 Å². The number of benzene rings is 1. The normalized spacial score (nSPS) is 17.9. The third-order valence-electron chi connectivity index (χ3n) is 6.68. The Labute approximate surface area is 206 Å². The Bertz CT molecular complexity index is 1150. The molecule has 194 valence electrons. The first kappa shape index (κ1) is 25.9. The number of nitrogens with one attached hydrogen (secondary N) is 2. The summed E-state index contributed by atoms with van der Waals surface area (Å²) in [6.07, 6.45) is -0.175. The molecule has 1 aromatic carbocycles. The second-order valence-corrected chi connectivity index (χ2v) is 9.19. The molecule has 1 unspecified atom stereocenters. The van der Waals surface area contributed by atoms with E-state index >= 15 is 0 Å². The predicted octanol–water partition coefficient (Wildman–Crippen LogP) is 4.11. The van der Waals surface area contributed by atoms with Crippen LogP contribution in [-0.4, -0.2) is 53.9 Å². The van der Waals surface area contributed by atoms with Crippen LogP contribution in [0.2, 0.25) is 0 Å². The monoisotopic (exact) mass is 507 g/mol. The number of alkyl halides is 3. The molecule has 2 aliphatic rings. The lowest BCUT2D eigenvalue weighted by Gasteiger charge is -2.44. The van der Waals surface area contributed by atoms with Gasteiger partial charge in [0, 0.05) is 38.9 Å². The topological polar surface area (TPSA) is 77.6 Å². The van der Waals surface area contributed by atoms with Crippen LogP contribution >= 0.6 is 0 Å². The second kappa shape index (κ2) is 10.4. The number of unbranched alkanes of at least 4 members (excludes halogenated alkanes) is 2. The fraction of sp³-hybridized carbons (Fsp3) is 0.480. The van der Waals surface area contributed by atoms with Crippen molar-refractivity contribution in [1.29, 1.82) is 0 Å². The number of halogens is 4. The van der Waals surface area contributed by atoms with Crippen LogP contribution < -0.4 is 15.5 Å². The van der Waals surface area contributed by atoms with Crippen molar-refractivity contribution >= 4 is 23.3 Å². The van der Waals surface area contributed by atoms with Crippen molar-refractivity contribution in [2.45, 2.75) is 51.9 Å². The minimum Gasteiger partial charge on any atom is -0.352 e. The average Bonchev–Trinajstić information content (AvgIpc) is 2.82. The van der Waals surface area contributed by atoms with Crippen molar-refractivity contribution < 1.29 is 27.2 Å². The number of pyridine rings is 1. The molecule has 0 bridgehead atoms. The highest BCUT2D eigenvalue weighted by Gasteiger charge is 2.40. The summed E-state index contributed by atoms with van der Waals surface area (Å²) < 4.78 is 54.0. The van der Waals surface area contributed by atoms with Gasteiger partial charge in [0.15, 0.2) is 5.82 Å². The molecule has 1 atom stereocenters. The van der Waals surface area contributed by atoms with Crippen molar-refractivity contribution in [1.82, 2.24) is 15.2 Å². The average molecular weight is 508 g/mol. The van der Waals surface area contributed by atoms with Crippen LogP contribution in [0, 0.1) is 12.7 Å². The molecule has 1 fully saturated rings. The number of anilines is 2. The molecule has 2 aliphatic heterocycles. The first-order chi connectivity index (χ1) is 17.1. The summed E-state index contributed by atoms with van der Waals surface area (Å²) in [5, 5.41) is 5.72. The molecule has 1 aromatic heterocycles. The Balaban J connectivity index is 1.50. The van der Waals surface area contributed by atoms with Gasteiger partial charge in [0.05, 0.1) is 16.8 Å². The molecule has 2 amide bonds. The van der Waals surface area contributed by atoms with Gasteiger partial charge in [0.2, 0.25) is 5.91 Å². The molecule has 2 aromatic rings. The molecular formula is C25H29F4N5O2. The van der Waals surface area contributed by atoms with E-state index in [2.05, 4.69) is 22.5 Å².